The van der Waals surface area contributed by atoms with Gasteiger partial charge in [0.2, 0.25) is 6.79 Å². The van der Waals surface area contributed by atoms with Crippen LogP contribution in [0.4, 0.5) is 0 Å². The summed E-state index contributed by atoms with van der Waals surface area (Å²) in [5.41, 5.74) is 1.75. The van der Waals surface area contributed by atoms with E-state index >= 15 is 0 Å². The van der Waals surface area contributed by atoms with Crippen LogP contribution in [0.25, 0.3) is 11.3 Å². The predicted octanol–water partition coefficient (Wildman–Crippen LogP) is 1.20. The van der Waals surface area contributed by atoms with E-state index in [1.807, 2.05) is 18.2 Å². The molecule has 0 saturated carbocycles. The summed E-state index contributed by atoms with van der Waals surface area (Å²) in [6.07, 6.45) is 1.65. The van der Waals surface area contributed by atoms with E-state index in [9.17, 15) is 0 Å². The monoisotopic (exact) mass is 189 g/mol. The highest BCUT2D eigenvalue weighted by Crippen LogP contribution is 2.39. The third kappa shape index (κ3) is 0.953. The third-order valence-electron chi connectivity index (χ3n) is 2.10. The molecule has 5 heteroatoms. The Kier molecular flexibility index (Phi) is 1.44. The lowest BCUT2D eigenvalue weighted by molar-refractivity contribution is 0.174. The molecule has 70 valence electrons. The number of para-hydroxylation sites is 1. The Bertz CT molecular complexity index is 453. The molecule has 1 aromatic carbocycles. The summed E-state index contributed by atoms with van der Waals surface area (Å²) in [7, 11) is 0. The number of fused-ring (bicyclic) bond motifs is 1. The van der Waals surface area contributed by atoms with Crippen LogP contribution in [0, 0.1) is 0 Å². The Morgan fingerprint density at radius 2 is 2.29 bits per heavy atom. The predicted molar refractivity (Wildman–Crippen MR) is 47.9 cm³/mol. The van der Waals surface area contributed by atoms with Gasteiger partial charge in [-0.15, -0.1) is 5.10 Å². The van der Waals surface area contributed by atoms with Gasteiger partial charge in [0.05, 0.1) is 11.9 Å². The molecule has 3 rings (SSSR count). The second-order valence-corrected chi connectivity index (χ2v) is 2.91. The van der Waals surface area contributed by atoms with Crippen molar-refractivity contribution in [2.24, 2.45) is 0 Å². The normalized spacial score (nSPS) is 13.1. The van der Waals surface area contributed by atoms with E-state index in [1.54, 1.807) is 6.20 Å². The molecule has 1 N–H and O–H groups in total. The maximum atomic E-state index is 5.36. The van der Waals surface area contributed by atoms with Gasteiger partial charge in [-0.25, -0.2) is 0 Å². The van der Waals surface area contributed by atoms with Crippen molar-refractivity contribution < 1.29 is 9.47 Å². The molecule has 0 radical (unpaired) electrons. The van der Waals surface area contributed by atoms with Crippen LogP contribution >= 0.6 is 0 Å². The first kappa shape index (κ1) is 7.37. The Hall–Kier alpha value is -2.04. The Labute approximate surface area is 79.7 Å². The Morgan fingerprint density at radius 1 is 1.29 bits per heavy atom. The number of nitrogens with one attached hydrogen (secondary N) is 1. The first-order chi connectivity index (χ1) is 6.95. The van der Waals surface area contributed by atoms with E-state index in [0.29, 0.717) is 0 Å². The van der Waals surface area contributed by atoms with Crippen molar-refractivity contribution in [3.05, 3.63) is 24.4 Å². The van der Waals surface area contributed by atoms with E-state index < -0.39 is 0 Å². The molecule has 1 aliphatic heterocycles. The van der Waals surface area contributed by atoms with Crippen LogP contribution < -0.4 is 9.47 Å². The fourth-order valence-corrected chi connectivity index (χ4v) is 1.47. The van der Waals surface area contributed by atoms with Gasteiger partial charge in [0.25, 0.3) is 0 Å². The van der Waals surface area contributed by atoms with Crippen molar-refractivity contribution in [1.82, 2.24) is 15.4 Å². The average molecular weight is 189 g/mol. The number of hydrogen-bond donors (Lipinski definition) is 1. The molecule has 0 spiro atoms. The van der Waals surface area contributed by atoms with E-state index in [0.717, 1.165) is 22.8 Å². The Balaban J connectivity index is 2.20. The molecular weight excluding hydrogens is 182 g/mol. The van der Waals surface area contributed by atoms with Crippen LogP contribution in [0.1, 0.15) is 0 Å². The zero-order chi connectivity index (χ0) is 9.38. The van der Waals surface area contributed by atoms with E-state index in [-0.39, 0.29) is 6.79 Å². The summed E-state index contributed by atoms with van der Waals surface area (Å²) in [5, 5.41) is 10.2. The highest BCUT2D eigenvalue weighted by Gasteiger charge is 2.18. The number of hydrogen-bond acceptors (Lipinski definition) is 4. The van der Waals surface area contributed by atoms with Crippen molar-refractivity contribution in [1.29, 1.82) is 0 Å². The molecule has 0 aliphatic carbocycles. The summed E-state index contributed by atoms with van der Waals surface area (Å²) < 4.78 is 10.6. The number of rotatable bonds is 1. The van der Waals surface area contributed by atoms with Crippen LogP contribution in [0.15, 0.2) is 24.4 Å². The lowest BCUT2D eigenvalue weighted by Crippen LogP contribution is -1.93. The second-order valence-electron chi connectivity index (χ2n) is 2.91. The Morgan fingerprint density at radius 3 is 3.14 bits per heavy atom. The molecule has 0 fully saturated rings. The minimum Gasteiger partial charge on any atom is -0.454 e. The quantitative estimate of drug-likeness (QED) is 0.732. The van der Waals surface area contributed by atoms with Gasteiger partial charge in [0.15, 0.2) is 11.5 Å². The van der Waals surface area contributed by atoms with Crippen molar-refractivity contribution in [2.45, 2.75) is 0 Å². The maximum absolute atomic E-state index is 5.36. The second kappa shape index (κ2) is 2.73. The summed E-state index contributed by atoms with van der Waals surface area (Å²) in [6.45, 7) is 0.272. The molecule has 0 bridgehead atoms. The molecule has 0 unspecified atom stereocenters. The number of H-pyrrole nitrogens is 1. The molecule has 0 atom stereocenters. The minimum absolute atomic E-state index is 0.272. The lowest BCUT2D eigenvalue weighted by atomic mass is 10.1. The number of aromatic amines is 1. The molecule has 0 amide bonds. The van der Waals surface area contributed by atoms with Gasteiger partial charge in [-0.3, -0.25) is 5.10 Å². The highest BCUT2D eigenvalue weighted by molar-refractivity contribution is 5.70. The van der Waals surface area contributed by atoms with Gasteiger partial charge in [0.1, 0.15) is 0 Å². The lowest BCUT2D eigenvalue weighted by Gasteiger charge is -2.01. The third-order valence-corrected chi connectivity index (χ3v) is 2.10. The zero-order valence-corrected chi connectivity index (χ0v) is 7.23. The number of aromatic nitrogens is 3. The number of ether oxygens (including phenoxy) is 2. The zero-order valence-electron chi connectivity index (χ0n) is 7.23. The van der Waals surface area contributed by atoms with Gasteiger partial charge in [-0.05, 0) is 12.1 Å². The molecule has 14 heavy (non-hydrogen) atoms. The first-order valence-electron chi connectivity index (χ1n) is 4.20. The van der Waals surface area contributed by atoms with Crippen LogP contribution in [-0.2, 0) is 0 Å². The number of nitrogens with zero attached hydrogens (tertiary/aromatic N) is 2. The average Bonchev–Trinajstić information content (AvgIpc) is 2.88. The van der Waals surface area contributed by atoms with Gasteiger partial charge in [-0.2, -0.15) is 0 Å². The summed E-state index contributed by atoms with van der Waals surface area (Å²) in [4.78, 5) is 0. The van der Waals surface area contributed by atoms with E-state index in [4.69, 9.17) is 9.47 Å². The molecule has 5 nitrogen and oxygen atoms in total. The maximum Gasteiger partial charge on any atom is 0.231 e. The van der Waals surface area contributed by atoms with Crippen LogP contribution in [0.5, 0.6) is 11.5 Å². The molecule has 2 heterocycles. The van der Waals surface area contributed by atoms with Crippen molar-refractivity contribution in [3.8, 4) is 22.8 Å². The topological polar surface area (TPSA) is 60.0 Å². The largest absolute Gasteiger partial charge is 0.454 e. The van der Waals surface area contributed by atoms with Crippen LogP contribution in [0.3, 0.4) is 0 Å². The van der Waals surface area contributed by atoms with Gasteiger partial charge in [-0.1, -0.05) is 11.3 Å². The van der Waals surface area contributed by atoms with E-state index in [1.165, 1.54) is 0 Å². The first-order valence-corrected chi connectivity index (χ1v) is 4.20. The minimum atomic E-state index is 0.272. The van der Waals surface area contributed by atoms with Crippen LogP contribution in [-0.4, -0.2) is 22.2 Å². The molecule has 2 aromatic rings. The molecule has 1 aliphatic rings. The highest BCUT2D eigenvalue weighted by atomic mass is 16.7. The summed E-state index contributed by atoms with van der Waals surface area (Å²) >= 11 is 0. The standard InChI is InChI=1S/C9H7N3O2/c1-2-6(7-4-10-12-11-7)9-8(3-1)13-5-14-9/h1-4H,5H2,(H,10,11,12). The van der Waals surface area contributed by atoms with Crippen molar-refractivity contribution in [2.75, 3.05) is 6.79 Å². The fraction of sp³-hybridized carbons (Fsp3) is 0.111. The molecular formula is C9H7N3O2. The molecule has 0 saturated heterocycles. The van der Waals surface area contributed by atoms with Gasteiger partial charge >= 0.3 is 0 Å². The fourth-order valence-electron chi connectivity index (χ4n) is 1.47. The smallest absolute Gasteiger partial charge is 0.231 e. The SMILES string of the molecule is c1cc2c(c(-c3cnn[nH]3)c1)OCO2. The van der Waals surface area contributed by atoms with Crippen LogP contribution in [0.2, 0.25) is 0 Å². The van der Waals surface area contributed by atoms with Gasteiger partial charge in [0, 0.05) is 5.56 Å². The van der Waals surface area contributed by atoms with E-state index in [2.05, 4.69) is 15.4 Å². The summed E-state index contributed by atoms with van der Waals surface area (Å²) in [6, 6.07) is 5.71. The van der Waals surface area contributed by atoms with Crippen molar-refractivity contribution in [3.63, 3.8) is 0 Å². The summed E-state index contributed by atoms with van der Waals surface area (Å²) in [5.74, 6) is 1.51. The van der Waals surface area contributed by atoms with Gasteiger partial charge < -0.3 is 9.47 Å². The molecule has 1 aromatic heterocycles. The number of benzene rings is 1. The van der Waals surface area contributed by atoms with Crippen molar-refractivity contribution >= 4 is 0 Å².